The van der Waals surface area contributed by atoms with Crippen LogP contribution in [0.15, 0.2) is 30.5 Å². The third kappa shape index (κ3) is 4.35. The van der Waals surface area contributed by atoms with Crippen LogP contribution in [-0.4, -0.2) is 24.0 Å². The second kappa shape index (κ2) is 6.94. The third-order valence-corrected chi connectivity index (χ3v) is 3.59. The number of nitrogens with zero attached hydrogens (tertiary/aromatic N) is 1. The molecule has 1 heterocycles. The van der Waals surface area contributed by atoms with Crippen molar-refractivity contribution in [2.24, 2.45) is 0 Å². The lowest BCUT2D eigenvalue weighted by Gasteiger charge is -2.02. The number of benzene rings is 1. The van der Waals surface area contributed by atoms with Crippen molar-refractivity contribution in [3.05, 3.63) is 46.7 Å². The summed E-state index contributed by atoms with van der Waals surface area (Å²) < 4.78 is 17.3. The summed E-state index contributed by atoms with van der Waals surface area (Å²) in [6.45, 7) is 0. The average molecular weight is 308 g/mol. The number of amides is 1. The van der Waals surface area contributed by atoms with Crippen LogP contribution in [0, 0.1) is 5.82 Å². The quantitative estimate of drug-likeness (QED) is 0.862. The van der Waals surface area contributed by atoms with Gasteiger partial charge in [0.1, 0.15) is 10.7 Å². The van der Waals surface area contributed by atoms with E-state index in [4.69, 9.17) is 0 Å². The molecule has 0 spiro atoms. The fraction of sp³-hybridized carbons (Fsp3) is 0.214. The highest BCUT2D eigenvalue weighted by Crippen LogP contribution is 2.19. The normalized spacial score (nSPS) is 10.2. The van der Waals surface area contributed by atoms with Gasteiger partial charge in [0.05, 0.1) is 13.3 Å². The van der Waals surface area contributed by atoms with E-state index in [2.05, 4.69) is 15.0 Å². The number of rotatable bonds is 5. The number of aryl methyl sites for hydroxylation is 1. The molecule has 0 aliphatic carbocycles. The first-order valence-electron chi connectivity index (χ1n) is 6.17. The standard InChI is InChI=1S/C14H13FN2O3S/c1-20-13(19)11-8-16-14(21-11)17-12(18)7-4-9-2-5-10(15)6-3-9/h2-3,5-6,8H,4,7H2,1H3,(H,16,17,18). The zero-order chi connectivity index (χ0) is 15.2. The van der Waals surface area contributed by atoms with Crippen molar-refractivity contribution in [1.82, 2.24) is 4.98 Å². The fourth-order valence-electron chi connectivity index (χ4n) is 1.62. The van der Waals surface area contributed by atoms with E-state index in [9.17, 15) is 14.0 Å². The zero-order valence-corrected chi connectivity index (χ0v) is 12.1. The Bertz CT molecular complexity index is 640. The Labute approximate surface area is 124 Å². The smallest absolute Gasteiger partial charge is 0.349 e. The summed E-state index contributed by atoms with van der Waals surface area (Å²) in [6.07, 6.45) is 2.10. The molecule has 21 heavy (non-hydrogen) atoms. The number of ether oxygens (including phenoxy) is 1. The first kappa shape index (κ1) is 15.1. The summed E-state index contributed by atoms with van der Waals surface area (Å²) in [6, 6.07) is 6.00. The largest absolute Gasteiger partial charge is 0.465 e. The summed E-state index contributed by atoms with van der Waals surface area (Å²) in [5.74, 6) is -1.01. The highest BCUT2D eigenvalue weighted by atomic mass is 32.1. The minimum absolute atomic E-state index is 0.218. The highest BCUT2D eigenvalue weighted by Gasteiger charge is 2.12. The van der Waals surface area contributed by atoms with Crippen LogP contribution >= 0.6 is 11.3 Å². The van der Waals surface area contributed by atoms with Crippen LogP contribution in [0.5, 0.6) is 0 Å². The molecule has 0 fully saturated rings. The molecule has 2 rings (SSSR count). The predicted octanol–water partition coefficient (Wildman–Crippen LogP) is 2.64. The number of carbonyl (C=O) groups is 2. The Morgan fingerprint density at radius 3 is 2.71 bits per heavy atom. The highest BCUT2D eigenvalue weighted by molar-refractivity contribution is 7.17. The van der Waals surface area contributed by atoms with E-state index in [0.29, 0.717) is 16.4 Å². The molecule has 0 radical (unpaired) electrons. The molecule has 0 bridgehead atoms. The van der Waals surface area contributed by atoms with Crippen molar-refractivity contribution < 1.29 is 18.7 Å². The van der Waals surface area contributed by atoms with Gasteiger partial charge in [0, 0.05) is 6.42 Å². The minimum atomic E-state index is -0.487. The van der Waals surface area contributed by atoms with E-state index in [1.165, 1.54) is 25.4 Å². The number of aromatic nitrogens is 1. The molecule has 0 saturated carbocycles. The van der Waals surface area contributed by atoms with Crippen molar-refractivity contribution in [2.45, 2.75) is 12.8 Å². The molecule has 1 amide bonds. The van der Waals surface area contributed by atoms with Crippen molar-refractivity contribution in [1.29, 1.82) is 0 Å². The Morgan fingerprint density at radius 1 is 1.33 bits per heavy atom. The van der Waals surface area contributed by atoms with Crippen molar-refractivity contribution in [3.63, 3.8) is 0 Å². The second-order valence-electron chi connectivity index (χ2n) is 4.20. The molecule has 0 aliphatic heterocycles. The van der Waals surface area contributed by atoms with Crippen LogP contribution in [0.4, 0.5) is 9.52 Å². The fourth-order valence-corrected chi connectivity index (χ4v) is 2.37. The number of halogens is 1. The molecule has 1 aromatic heterocycles. The molecule has 0 unspecified atom stereocenters. The number of esters is 1. The molecule has 1 aromatic carbocycles. The maximum Gasteiger partial charge on any atom is 0.349 e. The first-order chi connectivity index (χ1) is 10.1. The van der Waals surface area contributed by atoms with Crippen LogP contribution in [0.25, 0.3) is 0 Å². The number of thiazole rings is 1. The molecular formula is C14H13FN2O3S. The van der Waals surface area contributed by atoms with Crippen LogP contribution in [-0.2, 0) is 16.0 Å². The van der Waals surface area contributed by atoms with Gasteiger partial charge in [0.25, 0.3) is 0 Å². The Kier molecular flexibility index (Phi) is 4.99. The van der Waals surface area contributed by atoms with Crippen LogP contribution < -0.4 is 5.32 Å². The lowest BCUT2D eigenvalue weighted by molar-refractivity contribution is -0.116. The average Bonchev–Trinajstić information content (AvgIpc) is 2.94. The topological polar surface area (TPSA) is 68.3 Å². The van der Waals surface area contributed by atoms with Crippen molar-refractivity contribution >= 4 is 28.3 Å². The summed E-state index contributed by atoms with van der Waals surface area (Å²) in [5.41, 5.74) is 0.876. The van der Waals surface area contributed by atoms with E-state index >= 15 is 0 Å². The molecule has 7 heteroatoms. The summed E-state index contributed by atoms with van der Waals surface area (Å²) >= 11 is 1.05. The van der Waals surface area contributed by atoms with E-state index in [1.54, 1.807) is 12.1 Å². The van der Waals surface area contributed by atoms with Crippen molar-refractivity contribution in [3.8, 4) is 0 Å². The molecule has 1 N–H and O–H groups in total. The first-order valence-corrected chi connectivity index (χ1v) is 6.98. The van der Waals surface area contributed by atoms with Gasteiger partial charge in [0.15, 0.2) is 5.13 Å². The number of methoxy groups -OCH3 is 1. The van der Waals surface area contributed by atoms with Gasteiger partial charge < -0.3 is 10.1 Å². The molecule has 0 atom stereocenters. The molecule has 0 aliphatic rings. The van der Waals surface area contributed by atoms with E-state index in [-0.39, 0.29) is 18.1 Å². The van der Waals surface area contributed by atoms with E-state index < -0.39 is 5.97 Å². The van der Waals surface area contributed by atoms with E-state index in [1.807, 2.05) is 0 Å². The van der Waals surface area contributed by atoms with Gasteiger partial charge in [-0.05, 0) is 24.1 Å². The second-order valence-corrected chi connectivity index (χ2v) is 5.23. The number of anilines is 1. The number of hydrogen-bond acceptors (Lipinski definition) is 5. The van der Waals surface area contributed by atoms with Gasteiger partial charge in [-0.15, -0.1) is 0 Å². The maximum atomic E-state index is 12.7. The third-order valence-electron chi connectivity index (χ3n) is 2.69. The van der Waals surface area contributed by atoms with Gasteiger partial charge in [-0.2, -0.15) is 0 Å². The molecular weight excluding hydrogens is 295 g/mol. The monoisotopic (exact) mass is 308 g/mol. The van der Waals surface area contributed by atoms with Crippen LogP contribution in [0.3, 0.4) is 0 Å². The molecule has 110 valence electrons. The van der Waals surface area contributed by atoms with Gasteiger partial charge >= 0.3 is 5.97 Å². The van der Waals surface area contributed by atoms with Gasteiger partial charge in [0.2, 0.25) is 5.91 Å². The SMILES string of the molecule is COC(=O)c1cnc(NC(=O)CCc2ccc(F)cc2)s1. The van der Waals surface area contributed by atoms with Gasteiger partial charge in [-0.1, -0.05) is 23.5 Å². The van der Waals surface area contributed by atoms with Crippen molar-refractivity contribution in [2.75, 3.05) is 12.4 Å². The Morgan fingerprint density at radius 2 is 2.05 bits per heavy atom. The van der Waals surface area contributed by atoms with Crippen LogP contribution in [0.1, 0.15) is 21.7 Å². The lowest BCUT2D eigenvalue weighted by Crippen LogP contribution is -2.12. The van der Waals surface area contributed by atoms with Gasteiger partial charge in [-0.3, -0.25) is 4.79 Å². The zero-order valence-electron chi connectivity index (χ0n) is 11.3. The Hall–Kier alpha value is -2.28. The Balaban J connectivity index is 1.85. The molecule has 2 aromatic rings. The minimum Gasteiger partial charge on any atom is -0.465 e. The van der Waals surface area contributed by atoms with E-state index in [0.717, 1.165) is 16.9 Å². The maximum absolute atomic E-state index is 12.7. The number of nitrogens with one attached hydrogen (secondary N) is 1. The number of hydrogen-bond donors (Lipinski definition) is 1. The molecule has 5 nitrogen and oxygen atoms in total. The number of carbonyl (C=O) groups excluding carboxylic acids is 2. The summed E-state index contributed by atoms with van der Waals surface area (Å²) in [7, 11) is 1.28. The van der Waals surface area contributed by atoms with Crippen LogP contribution in [0.2, 0.25) is 0 Å². The summed E-state index contributed by atoms with van der Waals surface area (Å²) in [4.78, 5) is 27.3. The summed E-state index contributed by atoms with van der Waals surface area (Å²) in [5, 5.41) is 2.96. The molecule has 0 saturated heterocycles. The lowest BCUT2D eigenvalue weighted by atomic mass is 10.1. The van der Waals surface area contributed by atoms with Gasteiger partial charge in [-0.25, -0.2) is 14.2 Å². The predicted molar refractivity (Wildman–Crippen MR) is 76.8 cm³/mol.